The first-order chi connectivity index (χ1) is 16.1. The van der Waals surface area contributed by atoms with E-state index in [0.717, 1.165) is 16.7 Å². The van der Waals surface area contributed by atoms with E-state index in [9.17, 15) is 4.39 Å². The fourth-order valence-corrected chi connectivity index (χ4v) is 3.48. The Hall–Kier alpha value is -4.61. The number of aryl methyl sites for hydroxylation is 1. The summed E-state index contributed by atoms with van der Waals surface area (Å²) >= 11 is 0. The highest BCUT2D eigenvalue weighted by Crippen LogP contribution is 2.28. The summed E-state index contributed by atoms with van der Waals surface area (Å²) in [6.45, 7) is 1.92. The van der Waals surface area contributed by atoms with Crippen LogP contribution in [-0.2, 0) is 0 Å². The summed E-state index contributed by atoms with van der Waals surface area (Å²) in [6, 6.07) is 28.7. The third-order valence-corrected chi connectivity index (χ3v) is 5.24. The molecule has 0 aliphatic rings. The average molecular weight is 434 g/mol. The maximum atomic E-state index is 14.6. The lowest BCUT2D eigenvalue weighted by Crippen LogP contribution is -2.06. The Labute approximate surface area is 191 Å². The predicted octanol–water partition coefficient (Wildman–Crippen LogP) is 6.63. The van der Waals surface area contributed by atoms with E-state index in [1.165, 1.54) is 6.07 Å². The Bertz CT molecular complexity index is 1260. The van der Waals surface area contributed by atoms with Gasteiger partial charge in [-0.3, -0.25) is 0 Å². The van der Waals surface area contributed by atoms with Gasteiger partial charge in [0.1, 0.15) is 17.3 Å². The van der Waals surface area contributed by atoms with Gasteiger partial charge >= 0.3 is 0 Å². The van der Waals surface area contributed by atoms with Crippen molar-refractivity contribution < 1.29 is 13.9 Å². The summed E-state index contributed by atoms with van der Waals surface area (Å²) in [5.74, 6) is 0.579. The summed E-state index contributed by atoms with van der Waals surface area (Å²) in [7, 11) is 0. The van der Waals surface area contributed by atoms with Crippen LogP contribution in [0.15, 0.2) is 84.9 Å². The summed E-state index contributed by atoms with van der Waals surface area (Å²) in [5, 5.41) is 17.8. The number of halogens is 1. The minimum absolute atomic E-state index is 0.0642. The zero-order chi connectivity index (χ0) is 23.2. The van der Waals surface area contributed by atoms with Crippen molar-refractivity contribution in [3.8, 4) is 45.9 Å². The van der Waals surface area contributed by atoms with Gasteiger partial charge in [0, 0.05) is 11.6 Å². The molecule has 0 aliphatic carbocycles. The van der Waals surface area contributed by atoms with Gasteiger partial charge in [0.05, 0.1) is 23.3 Å². The summed E-state index contributed by atoms with van der Waals surface area (Å²) in [4.78, 5) is 0. The Kier molecular flexibility index (Phi) is 6.34. The first kappa shape index (κ1) is 21.6. The lowest BCUT2D eigenvalue weighted by Gasteiger charge is -2.12. The van der Waals surface area contributed by atoms with E-state index in [0.29, 0.717) is 33.8 Å². The number of hydrogen-bond acceptors (Lipinski definition) is 4. The van der Waals surface area contributed by atoms with Crippen LogP contribution in [0.4, 0.5) is 4.39 Å². The minimum Gasteiger partial charge on any atom is -0.457 e. The number of nitriles is 2. The molecule has 0 amide bonds. The zero-order valence-corrected chi connectivity index (χ0v) is 17.9. The zero-order valence-electron chi connectivity index (χ0n) is 17.9. The van der Waals surface area contributed by atoms with Crippen LogP contribution in [0.25, 0.3) is 22.3 Å². The fraction of sp³-hybridized carbons (Fsp3) is 0.0714. The van der Waals surface area contributed by atoms with Crippen molar-refractivity contribution in [1.29, 1.82) is 10.5 Å². The number of nitrogens with zero attached hydrogens (tertiary/aromatic N) is 2. The molecule has 0 unspecified atom stereocenters. The van der Waals surface area contributed by atoms with Crippen LogP contribution in [0.1, 0.15) is 16.7 Å². The second-order valence-corrected chi connectivity index (χ2v) is 7.40. The number of benzene rings is 4. The number of hydrogen-bond donors (Lipinski definition) is 0. The summed E-state index contributed by atoms with van der Waals surface area (Å²) in [6.07, 6.45) is 0. The smallest absolute Gasteiger partial charge is 0.230 e. The van der Waals surface area contributed by atoms with Gasteiger partial charge in [0.15, 0.2) is 0 Å². The van der Waals surface area contributed by atoms with Gasteiger partial charge in [0.25, 0.3) is 0 Å². The maximum Gasteiger partial charge on any atom is 0.230 e. The molecule has 0 aromatic heterocycles. The molecule has 0 N–H and O–H groups in total. The molecule has 0 bridgehead atoms. The van der Waals surface area contributed by atoms with Crippen LogP contribution in [-0.4, -0.2) is 6.79 Å². The van der Waals surface area contributed by atoms with Crippen molar-refractivity contribution in [2.75, 3.05) is 6.79 Å². The highest BCUT2D eigenvalue weighted by atomic mass is 19.1. The van der Waals surface area contributed by atoms with E-state index in [1.54, 1.807) is 48.5 Å². The molecular formula is C28H19FN2O2. The van der Waals surface area contributed by atoms with Crippen molar-refractivity contribution in [3.05, 3.63) is 107 Å². The Morgan fingerprint density at radius 3 is 1.64 bits per heavy atom. The number of ether oxygens (including phenoxy) is 2. The van der Waals surface area contributed by atoms with Gasteiger partial charge in [-0.15, -0.1) is 0 Å². The van der Waals surface area contributed by atoms with Crippen LogP contribution in [0.3, 0.4) is 0 Å². The van der Waals surface area contributed by atoms with Gasteiger partial charge in [-0.1, -0.05) is 30.3 Å². The van der Waals surface area contributed by atoms with Crippen LogP contribution in [0.5, 0.6) is 11.5 Å². The molecule has 0 atom stereocenters. The van der Waals surface area contributed by atoms with Crippen molar-refractivity contribution in [2.45, 2.75) is 6.92 Å². The van der Waals surface area contributed by atoms with Crippen molar-refractivity contribution in [3.63, 3.8) is 0 Å². The van der Waals surface area contributed by atoms with Crippen molar-refractivity contribution >= 4 is 0 Å². The number of rotatable bonds is 6. The monoisotopic (exact) mass is 434 g/mol. The molecule has 0 heterocycles. The molecule has 5 heteroatoms. The second-order valence-electron chi connectivity index (χ2n) is 7.40. The molecule has 4 aromatic rings. The molecule has 0 saturated heterocycles. The molecule has 0 spiro atoms. The van der Waals surface area contributed by atoms with E-state index in [2.05, 4.69) is 6.07 Å². The largest absolute Gasteiger partial charge is 0.457 e. The van der Waals surface area contributed by atoms with E-state index >= 15 is 0 Å². The van der Waals surface area contributed by atoms with E-state index in [1.807, 2.05) is 43.3 Å². The molecular weight excluding hydrogens is 415 g/mol. The van der Waals surface area contributed by atoms with Crippen molar-refractivity contribution in [1.82, 2.24) is 0 Å². The Balaban J connectivity index is 1.38. The van der Waals surface area contributed by atoms with Gasteiger partial charge in [0.2, 0.25) is 6.79 Å². The quantitative estimate of drug-likeness (QED) is 0.320. The highest BCUT2D eigenvalue weighted by Gasteiger charge is 2.08. The molecule has 0 aliphatic heterocycles. The van der Waals surface area contributed by atoms with Crippen LogP contribution >= 0.6 is 0 Å². The summed E-state index contributed by atoms with van der Waals surface area (Å²) < 4.78 is 25.8. The Morgan fingerprint density at radius 2 is 1.15 bits per heavy atom. The van der Waals surface area contributed by atoms with E-state index < -0.39 is 5.82 Å². The topological polar surface area (TPSA) is 66.0 Å². The molecule has 4 rings (SSSR count). The Morgan fingerprint density at radius 1 is 0.667 bits per heavy atom. The third kappa shape index (κ3) is 5.01. The molecule has 0 radical (unpaired) electrons. The standard InChI is InChI=1S/C28H19FN2O2/c1-19-14-24(10-12-26(19)22-6-2-20(16-30)3-7-22)32-18-33-25-11-13-27(28(29)15-25)23-8-4-21(17-31)5-9-23/h2-15H,18H2,1H3. The lowest BCUT2D eigenvalue weighted by molar-refractivity contribution is 0.119. The van der Waals surface area contributed by atoms with Gasteiger partial charge in [-0.25, -0.2) is 4.39 Å². The first-order valence-electron chi connectivity index (χ1n) is 10.2. The molecule has 33 heavy (non-hydrogen) atoms. The predicted molar refractivity (Wildman–Crippen MR) is 124 cm³/mol. The van der Waals surface area contributed by atoms with E-state index in [-0.39, 0.29) is 6.79 Å². The second kappa shape index (κ2) is 9.68. The minimum atomic E-state index is -0.417. The van der Waals surface area contributed by atoms with Crippen molar-refractivity contribution in [2.24, 2.45) is 0 Å². The first-order valence-corrected chi connectivity index (χ1v) is 10.2. The van der Waals surface area contributed by atoms with E-state index in [4.69, 9.17) is 20.0 Å². The molecule has 4 aromatic carbocycles. The summed E-state index contributed by atoms with van der Waals surface area (Å²) in [5.41, 5.74) is 5.36. The third-order valence-electron chi connectivity index (χ3n) is 5.24. The van der Waals surface area contributed by atoms with Crippen LogP contribution in [0, 0.1) is 35.4 Å². The molecule has 160 valence electrons. The van der Waals surface area contributed by atoms with Gasteiger partial charge < -0.3 is 9.47 Å². The average Bonchev–Trinajstić information content (AvgIpc) is 2.84. The van der Waals surface area contributed by atoms with Crippen LogP contribution in [0.2, 0.25) is 0 Å². The molecule has 4 nitrogen and oxygen atoms in total. The normalized spacial score (nSPS) is 10.2. The van der Waals surface area contributed by atoms with Gasteiger partial charge in [-0.05, 0) is 77.7 Å². The molecule has 0 fully saturated rings. The molecule has 0 saturated carbocycles. The van der Waals surface area contributed by atoms with Gasteiger partial charge in [-0.2, -0.15) is 10.5 Å². The fourth-order valence-electron chi connectivity index (χ4n) is 3.48. The highest BCUT2D eigenvalue weighted by molar-refractivity contribution is 5.69. The maximum absolute atomic E-state index is 14.6. The van der Waals surface area contributed by atoms with Crippen LogP contribution < -0.4 is 9.47 Å². The SMILES string of the molecule is Cc1cc(OCOc2ccc(-c3ccc(C#N)cc3)c(F)c2)ccc1-c1ccc(C#N)cc1. The lowest BCUT2D eigenvalue weighted by atomic mass is 9.99.